The second kappa shape index (κ2) is 6.66. The lowest BCUT2D eigenvalue weighted by molar-refractivity contribution is -0.287. The number of rotatable bonds is 5. The molecule has 1 aromatic heterocycles. The Morgan fingerprint density at radius 2 is 1.52 bits per heavy atom. The molecule has 0 aliphatic carbocycles. The van der Waals surface area contributed by atoms with Crippen molar-refractivity contribution in [1.82, 2.24) is 9.47 Å². The Morgan fingerprint density at radius 3 is 2.00 bits per heavy atom. The lowest BCUT2D eigenvalue weighted by Crippen LogP contribution is -2.28. The highest BCUT2D eigenvalue weighted by Crippen LogP contribution is 2.39. The predicted octanol–water partition coefficient (Wildman–Crippen LogP) is 4.39. The molecule has 140 valence electrons. The molecule has 2 aromatic rings. The zero-order chi connectivity index (χ0) is 19.0. The van der Waals surface area contributed by atoms with Gasteiger partial charge in [-0.15, -0.1) is 26.3 Å². The highest BCUT2D eigenvalue weighted by Gasteiger charge is 2.37. The fourth-order valence-corrected chi connectivity index (χ4v) is 2.21. The standard InChI is InChI=1S/C15H16F6N2O2/c1-9(22(2)3)8-23-5-4-10-6-12(24-14(16,17)18)13(7-11(10)23)25-15(19,20)21/h4-7,9H,8H2,1-3H3/t9-/m1/s1. The van der Waals surface area contributed by atoms with Crippen molar-refractivity contribution >= 4 is 10.9 Å². The largest absolute Gasteiger partial charge is 0.573 e. The summed E-state index contributed by atoms with van der Waals surface area (Å²) in [5, 5.41) is 0.305. The minimum absolute atomic E-state index is 0.0497. The van der Waals surface area contributed by atoms with Gasteiger partial charge in [0.2, 0.25) is 0 Å². The normalized spacial score (nSPS) is 14.2. The Bertz CT molecular complexity index is 736. The number of nitrogens with zero attached hydrogens (tertiary/aromatic N) is 2. The maximum absolute atomic E-state index is 12.5. The molecule has 0 unspecified atom stereocenters. The highest BCUT2D eigenvalue weighted by atomic mass is 19.4. The van der Waals surface area contributed by atoms with E-state index in [4.69, 9.17) is 0 Å². The van der Waals surface area contributed by atoms with Gasteiger partial charge in [0.25, 0.3) is 0 Å². The van der Waals surface area contributed by atoms with Gasteiger partial charge >= 0.3 is 12.7 Å². The van der Waals surface area contributed by atoms with Crippen molar-refractivity contribution in [2.45, 2.75) is 32.2 Å². The molecule has 0 radical (unpaired) electrons. The van der Waals surface area contributed by atoms with E-state index in [9.17, 15) is 26.3 Å². The van der Waals surface area contributed by atoms with E-state index in [0.29, 0.717) is 17.4 Å². The van der Waals surface area contributed by atoms with Crippen LogP contribution in [0.1, 0.15) is 6.92 Å². The summed E-state index contributed by atoms with van der Waals surface area (Å²) < 4.78 is 84.0. The molecule has 25 heavy (non-hydrogen) atoms. The Kier molecular flexibility index (Phi) is 5.12. The fraction of sp³-hybridized carbons (Fsp3) is 0.467. The van der Waals surface area contributed by atoms with Crippen LogP contribution in [0.5, 0.6) is 11.5 Å². The van der Waals surface area contributed by atoms with Crippen LogP contribution in [-0.2, 0) is 6.54 Å². The topological polar surface area (TPSA) is 26.6 Å². The number of hydrogen-bond acceptors (Lipinski definition) is 3. The van der Waals surface area contributed by atoms with Crippen LogP contribution in [0.15, 0.2) is 24.4 Å². The first kappa shape index (κ1) is 19.2. The molecular weight excluding hydrogens is 354 g/mol. The van der Waals surface area contributed by atoms with Crippen LogP contribution in [0, 0.1) is 0 Å². The van der Waals surface area contributed by atoms with Crippen LogP contribution < -0.4 is 9.47 Å². The number of likely N-dealkylation sites (N-methyl/N-ethyl adjacent to an activating group) is 1. The van der Waals surface area contributed by atoms with Crippen molar-refractivity contribution in [1.29, 1.82) is 0 Å². The van der Waals surface area contributed by atoms with Gasteiger partial charge in [0.15, 0.2) is 11.5 Å². The molecule has 0 aliphatic rings. The predicted molar refractivity (Wildman–Crippen MR) is 78.5 cm³/mol. The van der Waals surface area contributed by atoms with Crippen molar-refractivity contribution in [3.05, 3.63) is 24.4 Å². The number of benzene rings is 1. The Labute approximate surface area is 139 Å². The van der Waals surface area contributed by atoms with Gasteiger partial charge in [-0.05, 0) is 33.2 Å². The SMILES string of the molecule is C[C@H](Cn1ccc2cc(OC(F)(F)F)c(OC(F)(F)F)cc21)N(C)C. The van der Waals surface area contributed by atoms with Gasteiger partial charge in [0.05, 0.1) is 5.52 Å². The Hall–Kier alpha value is -2.10. The van der Waals surface area contributed by atoms with E-state index in [-0.39, 0.29) is 6.04 Å². The molecule has 0 bridgehead atoms. The van der Waals surface area contributed by atoms with E-state index in [2.05, 4.69) is 9.47 Å². The Balaban J connectivity index is 2.49. The summed E-state index contributed by atoms with van der Waals surface area (Å²) in [6.07, 6.45) is -8.70. The second-order valence-electron chi connectivity index (χ2n) is 5.73. The van der Waals surface area contributed by atoms with E-state index in [0.717, 1.165) is 12.1 Å². The van der Waals surface area contributed by atoms with Crippen molar-refractivity contribution in [2.24, 2.45) is 0 Å². The number of aromatic nitrogens is 1. The lowest BCUT2D eigenvalue weighted by atomic mass is 10.2. The number of halogens is 6. The quantitative estimate of drug-likeness (QED) is 0.731. The Morgan fingerprint density at radius 1 is 1.00 bits per heavy atom. The van der Waals surface area contributed by atoms with Crippen molar-refractivity contribution < 1.29 is 35.8 Å². The van der Waals surface area contributed by atoms with Crippen LogP contribution in [0.25, 0.3) is 10.9 Å². The fourth-order valence-electron chi connectivity index (χ4n) is 2.21. The van der Waals surface area contributed by atoms with Crippen LogP contribution >= 0.6 is 0 Å². The maximum atomic E-state index is 12.5. The smallest absolute Gasteiger partial charge is 0.402 e. The molecule has 1 atom stereocenters. The molecule has 0 N–H and O–H groups in total. The third-order valence-corrected chi connectivity index (χ3v) is 3.63. The summed E-state index contributed by atoms with van der Waals surface area (Å²) in [5.41, 5.74) is 0.308. The van der Waals surface area contributed by atoms with Crippen molar-refractivity contribution in [3.63, 3.8) is 0 Å². The first-order valence-corrected chi connectivity index (χ1v) is 7.16. The zero-order valence-electron chi connectivity index (χ0n) is 13.6. The number of fused-ring (bicyclic) bond motifs is 1. The molecular formula is C15H16F6N2O2. The summed E-state index contributed by atoms with van der Waals surface area (Å²) in [6.45, 7) is 2.33. The van der Waals surface area contributed by atoms with E-state index in [1.165, 1.54) is 6.07 Å². The molecule has 2 rings (SSSR count). The third kappa shape index (κ3) is 5.18. The molecule has 10 heteroatoms. The minimum atomic E-state index is -5.15. The van der Waals surface area contributed by atoms with E-state index >= 15 is 0 Å². The molecule has 0 amide bonds. The van der Waals surface area contributed by atoms with E-state index < -0.39 is 24.2 Å². The first-order valence-electron chi connectivity index (χ1n) is 7.16. The van der Waals surface area contributed by atoms with Crippen molar-refractivity contribution in [2.75, 3.05) is 14.1 Å². The van der Waals surface area contributed by atoms with Crippen LogP contribution in [0.4, 0.5) is 26.3 Å². The number of ether oxygens (including phenoxy) is 2. The summed E-state index contributed by atoms with van der Waals surface area (Å²) in [7, 11) is 3.67. The number of alkyl halides is 6. The molecule has 0 saturated heterocycles. The zero-order valence-corrected chi connectivity index (χ0v) is 13.6. The van der Waals surface area contributed by atoms with E-state index in [1.54, 1.807) is 10.8 Å². The monoisotopic (exact) mass is 370 g/mol. The van der Waals surface area contributed by atoms with Gasteiger partial charge in [-0.25, -0.2) is 0 Å². The van der Waals surface area contributed by atoms with Crippen molar-refractivity contribution in [3.8, 4) is 11.5 Å². The van der Waals surface area contributed by atoms with Gasteiger partial charge in [-0.3, -0.25) is 0 Å². The summed E-state index contributed by atoms with van der Waals surface area (Å²) in [6, 6.07) is 3.32. The summed E-state index contributed by atoms with van der Waals surface area (Å²) in [4.78, 5) is 1.90. The first-order chi connectivity index (χ1) is 11.4. The average Bonchev–Trinajstić information content (AvgIpc) is 2.78. The third-order valence-electron chi connectivity index (χ3n) is 3.63. The van der Waals surface area contributed by atoms with Crippen LogP contribution in [-0.4, -0.2) is 42.3 Å². The highest BCUT2D eigenvalue weighted by molar-refractivity contribution is 5.84. The van der Waals surface area contributed by atoms with Crippen LogP contribution in [0.3, 0.4) is 0 Å². The van der Waals surface area contributed by atoms with Gasteiger partial charge in [0, 0.05) is 30.2 Å². The lowest BCUT2D eigenvalue weighted by Gasteiger charge is -2.21. The maximum Gasteiger partial charge on any atom is 0.573 e. The van der Waals surface area contributed by atoms with Gasteiger partial charge in [-0.2, -0.15) is 0 Å². The molecule has 1 aromatic carbocycles. The van der Waals surface area contributed by atoms with Crippen LogP contribution in [0.2, 0.25) is 0 Å². The molecule has 4 nitrogen and oxygen atoms in total. The van der Waals surface area contributed by atoms with E-state index in [1.807, 2.05) is 25.9 Å². The molecule has 0 spiro atoms. The minimum Gasteiger partial charge on any atom is -0.402 e. The molecule has 0 fully saturated rings. The summed E-state index contributed by atoms with van der Waals surface area (Å²) in [5.74, 6) is -2.09. The number of hydrogen-bond donors (Lipinski definition) is 0. The summed E-state index contributed by atoms with van der Waals surface area (Å²) >= 11 is 0. The van der Waals surface area contributed by atoms with Gasteiger partial charge in [-0.1, -0.05) is 0 Å². The second-order valence-corrected chi connectivity index (χ2v) is 5.73. The average molecular weight is 370 g/mol. The molecule has 1 heterocycles. The molecule has 0 aliphatic heterocycles. The van der Waals surface area contributed by atoms with Gasteiger partial charge < -0.3 is 18.9 Å². The van der Waals surface area contributed by atoms with Gasteiger partial charge in [0.1, 0.15) is 0 Å². The molecule has 0 saturated carbocycles.